The van der Waals surface area contributed by atoms with Crippen molar-refractivity contribution in [2.45, 2.75) is 37.9 Å². The van der Waals surface area contributed by atoms with Crippen LogP contribution in [0.25, 0.3) is 0 Å². The van der Waals surface area contributed by atoms with Crippen LogP contribution < -0.4 is 11.1 Å². The molecule has 1 aromatic rings. The molecule has 0 spiro atoms. The number of aromatic amines is 1. The van der Waals surface area contributed by atoms with Gasteiger partial charge in [-0.15, -0.1) is 0 Å². The van der Waals surface area contributed by atoms with Gasteiger partial charge in [-0.25, -0.2) is 0 Å². The van der Waals surface area contributed by atoms with Crippen molar-refractivity contribution in [3.8, 4) is 0 Å². The van der Waals surface area contributed by atoms with Crippen LogP contribution >= 0.6 is 11.8 Å². The fraction of sp³-hybridized carbons (Fsp3) is 0.636. The molecule has 0 saturated heterocycles. The standard InChI is InChI=1S/C11H17N3O4S/c1-11(2,3)18-7(15)5-6-19-10-12-8(16)9(17)13-14(10)4/h5-6H2,1-4H3,(H,13,17). The van der Waals surface area contributed by atoms with E-state index in [-0.39, 0.29) is 12.4 Å². The van der Waals surface area contributed by atoms with Gasteiger partial charge in [-0.3, -0.25) is 24.2 Å². The third-order valence-electron chi connectivity index (χ3n) is 1.90. The molecular weight excluding hydrogens is 270 g/mol. The highest BCUT2D eigenvalue weighted by atomic mass is 32.2. The number of H-pyrrole nitrogens is 1. The molecule has 0 aromatic carbocycles. The summed E-state index contributed by atoms with van der Waals surface area (Å²) in [5, 5.41) is 2.69. The zero-order chi connectivity index (χ0) is 14.6. The average molecular weight is 287 g/mol. The van der Waals surface area contributed by atoms with Crippen molar-refractivity contribution in [3.63, 3.8) is 0 Å². The summed E-state index contributed by atoms with van der Waals surface area (Å²) in [6, 6.07) is 0. The predicted octanol–water partition coefficient (Wildman–Crippen LogP) is 0.292. The maximum Gasteiger partial charge on any atom is 0.339 e. The molecule has 1 aromatic heterocycles. The second kappa shape index (κ2) is 6.05. The van der Waals surface area contributed by atoms with Crippen molar-refractivity contribution in [2.75, 3.05) is 5.75 Å². The molecule has 0 aliphatic carbocycles. The maximum absolute atomic E-state index is 11.5. The van der Waals surface area contributed by atoms with E-state index in [9.17, 15) is 14.4 Å². The number of nitrogens with one attached hydrogen (secondary N) is 1. The van der Waals surface area contributed by atoms with Crippen LogP contribution in [-0.4, -0.2) is 32.1 Å². The van der Waals surface area contributed by atoms with Gasteiger partial charge in [-0.1, -0.05) is 11.8 Å². The first kappa shape index (κ1) is 15.5. The molecule has 0 unspecified atom stereocenters. The van der Waals surface area contributed by atoms with E-state index < -0.39 is 16.7 Å². The maximum atomic E-state index is 11.5. The molecule has 7 nitrogen and oxygen atoms in total. The van der Waals surface area contributed by atoms with Crippen molar-refractivity contribution >= 4 is 17.7 Å². The Morgan fingerprint density at radius 3 is 2.63 bits per heavy atom. The van der Waals surface area contributed by atoms with Gasteiger partial charge in [-0.05, 0) is 20.8 Å². The SMILES string of the molecule is Cn1[nH]c(=O)c(=O)nc1SCCC(=O)OC(C)(C)C. The third-order valence-corrected chi connectivity index (χ3v) is 2.94. The van der Waals surface area contributed by atoms with E-state index >= 15 is 0 Å². The van der Waals surface area contributed by atoms with Crippen molar-refractivity contribution < 1.29 is 9.53 Å². The van der Waals surface area contributed by atoms with Crippen molar-refractivity contribution in [1.82, 2.24) is 14.8 Å². The molecule has 1 rings (SSSR count). The fourth-order valence-electron chi connectivity index (χ4n) is 1.21. The largest absolute Gasteiger partial charge is 0.460 e. The van der Waals surface area contributed by atoms with E-state index in [1.165, 1.54) is 16.4 Å². The van der Waals surface area contributed by atoms with Gasteiger partial charge in [0.15, 0.2) is 5.16 Å². The Hall–Kier alpha value is -1.57. The van der Waals surface area contributed by atoms with Gasteiger partial charge in [0.05, 0.1) is 6.42 Å². The number of thioether (sulfide) groups is 1. The van der Waals surface area contributed by atoms with Gasteiger partial charge < -0.3 is 4.74 Å². The quantitative estimate of drug-likeness (QED) is 0.486. The van der Waals surface area contributed by atoms with Crippen LogP contribution in [-0.2, 0) is 16.6 Å². The van der Waals surface area contributed by atoms with Crippen molar-refractivity contribution in [2.24, 2.45) is 7.05 Å². The molecule has 0 atom stereocenters. The number of carbonyl (C=O) groups excluding carboxylic acids is 1. The van der Waals surface area contributed by atoms with Gasteiger partial charge in [0.1, 0.15) is 5.60 Å². The summed E-state index contributed by atoms with van der Waals surface area (Å²) in [5.74, 6) is 0.107. The summed E-state index contributed by atoms with van der Waals surface area (Å²) in [6.45, 7) is 5.39. The second-order valence-electron chi connectivity index (χ2n) is 4.88. The number of aryl methyl sites for hydroxylation is 1. The normalized spacial score (nSPS) is 11.4. The molecule has 0 fully saturated rings. The van der Waals surface area contributed by atoms with Crippen LogP contribution in [0.15, 0.2) is 14.7 Å². The Morgan fingerprint density at radius 1 is 1.42 bits per heavy atom. The third kappa shape index (κ3) is 5.29. The minimum absolute atomic E-state index is 0.205. The summed E-state index contributed by atoms with van der Waals surface area (Å²) in [4.78, 5) is 37.2. The molecule has 0 amide bonds. The number of rotatable bonds is 4. The number of esters is 1. The molecule has 19 heavy (non-hydrogen) atoms. The van der Waals surface area contributed by atoms with E-state index in [2.05, 4.69) is 10.1 Å². The molecule has 1 heterocycles. The Labute approximate surface area is 114 Å². The number of aromatic nitrogens is 3. The first-order valence-corrected chi connectivity index (χ1v) is 6.69. The van der Waals surface area contributed by atoms with Gasteiger partial charge >= 0.3 is 17.1 Å². The summed E-state index contributed by atoms with van der Waals surface area (Å²) in [5.41, 5.74) is -2.11. The Kier molecular flexibility index (Phi) is 4.93. The van der Waals surface area contributed by atoms with Crippen LogP contribution in [0.5, 0.6) is 0 Å². The Bertz CT molecular complexity index is 571. The Morgan fingerprint density at radius 2 is 2.05 bits per heavy atom. The summed E-state index contributed by atoms with van der Waals surface area (Å²) in [6.07, 6.45) is 0.205. The summed E-state index contributed by atoms with van der Waals surface area (Å²) >= 11 is 1.21. The molecule has 106 valence electrons. The van der Waals surface area contributed by atoms with E-state index in [0.29, 0.717) is 10.9 Å². The zero-order valence-corrected chi connectivity index (χ0v) is 12.2. The van der Waals surface area contributed by atoms with Gasteiger partial charge in [0.2, 0.25) is 0 Å². The second-order valence-corrected chi connectivity index (χ2v) is 5.95. The molecular formula is C11H17N3O4S. The molecule has 1 N–H and O–H groups in total. The molecule has 8 heteroatoms. The number of hydrogen-bond donors (Lipinski definition) is 1. The van der Waals surface area contributed by atoms with Crippen LogP contribution in [0, 0.1) is 0 Å². The predicted molar refractivity (Wildman–Crippen MR) is 71.3 cm³/mol. The lowest BCUT2D eigenvalue weighted by Gasteiger charge is -2.19. The fourth-order valence-corrected chi connectivity index (χ4v) is 2.05. The number of hydrogen-bond acceptors (Lipinski definition) is 6. The highest BCUT2D eigenvalue weighted by molar-refractivity contribution is 7.99. The lowest BCUT2D eigenvalue weighted by Crippen LogP contribution is -2.33. The number of carbonyl (C=O) groups is 1. The monoisotopic (exact) mass is 287 g/mol. The Balaban J connectivity index is 2.55. The zero-order valence-electron chi connectivity index (χ0n) is 11.3. The average Bonchev–Trinajstić information content (AvgIpc) is 2.22. The first-order chi connectivity index (χ1) is 8.69. The molecule has 0 aliphatic rings. The lowest BCUT2D eigenvalue weighted by atomic mass is 10.2. The number of nitrogens with zero attached hydrogens (tertiary/aromatic N) is 2. The van der Waals surface area contributed by atoms with E-state index in [1.807, 2.05) is 0 Å². The highest BCUT2D eigenvalue weighted by Crippen LogP contribution is 2.14. The number of ether oxygens (including phenoxy) is 1. The van der Waals surface area contributed by atoms with Crippen LogP contribution in [0.3, 0.4) is 0 Å². The molecule has 0 aliphatic heterocycles. The summed E-state index contributed by atoms with van der Waals surface area (Å²) in [7, 11) is 1.57. The van der Waals surface area contributed by atoms with Crippen LogP contribution in [0.2, 0.25) is 0 Å². The first-order valence-electron chi connectivity index (χ1n) is 5.71. The van der Waals surface area contributed by atoms with Crippen molar-refractivity contribution in [3.05, 3.63) is 20.7 Å². The molecule has 0 saturated carbocycles. The van der Waals surface area contributed by atoms with E-state index in [0.717, 1.165) is 0 Å². The van der Waals surface area contributed by atoms with Crippen molar-refractivity contribution in [1.29, 1.82) is 0 Å². The minimum Gasteiger partial charge on any atom is -0.460 e. The van der Waals surface area contributed by atoms with E-state index in [1.54, 1.807) is 27.8 Å². The van der Waals surface area contributed by atoms with Crippen LogP contribution in [0.1, 0.15) is 27.2 Å². The summed E-state index contributed by atoms with van der Waals surface area (Å²) < 4.78 is 6.50. The minimum atomic E-state index is -0.835. The molecule has 0 bridgehead atoms. The van der Waals surface area contributed by atoms with Crippen LogP contribution in [0.4, 0.5) is 0 Å². The van der Waals surface area contributed by atoms with Gasteiger partial charge in [-0.2, -0.15) is 4.98 Å². The van der Waals surface area contributed by atoms with Gasteiger partial charge in [0.25, 0.3) is 0 Å². The van der Waals surface area contributed by atoms with E-state index in [4.69, 9.17) is 4.74 Å². The lowest BCUT2D eigenvalue weighted by molar-refractivity contribution is -0.154. The smallest absolute Gasteiger partial charge is 0.339 e. The highest BCUT2D eigenvalue weighted by Gasteiger charge is 2.16. The van der Waals surface area contributed by atoms with Gasteiger partial charge in [0, 0.05) is 12.8 Å². The molecule has 0 radical (unpaired) electrons. The topological polar surface area (TPSA) is 94.0 Å².